The lowest BCUT2D eigenvalue weighted by Crippen LogP contribution is -2.53. The first-order chi connectivity index (χ1) is 17.3. The second-order valence-corrected chi connectivity index (χ2v) is 10.2. The molecule has 1 aliphatic rings. The zero-order valence-corrected chi connectivity index (χ0v) is 22.8. The van der Waals surface area contributed by atoms with Gasteiger partial charge in [-0.05, 0) is 72.1 Å². The Bertz CT molecular complexity index is 1260. The van der Waals surface area contributed by atoms with Gasteiger partial charge in [0.25, 0.3) is 5.91 Å². The number of piperazine rings is 1. The summed E-state index contributed by atoms with van der Waals surface area (Å²) in [6, 6.07) is 20.8. The van der Waals surface area contributed by atoms with Gasteiger partial charge in [0.15, 0.2) is 6.61 Å². The first-order valence-corrected chi connectivity index (χ1v) is 13.0. The second kappa shape index (κ2) is 11.7. The number of aryl methyl sites for hydroxylation is 1. The molecular weight excluding hydrogens is 590 g/mol. The number of benzene rings is 3. The largest absolute Gasteiger partial charge is 0.484 e. The van der Waals surface area contributed by atoms with E-state index in [9.17, 15) is 14.4 Å². The number of nitrogens with one attached hydrogen (secondary N) is 1. The Morgan fingerprint density at radius 2 is 1.42 bits per heavy atom. The minimum atomic E-state index is -0.691. The van der Waals surface area contributed by atoms with Crippen LogP contribution in [0.1, 0.15) is 5.56 Å². The molecule has 3 aromatic carbocycles. The zero-order chi connectivity index (χ0) is 25.7. The maximum Gasteiger partial charge on any atom is 0.313 e. The molecule has 0 saturated carbocycles. The molecule has 7 nitrogen and oxygen atoms in total. The van der Waals surface area contributed by atoms with Crippen LogP contribution in [0.2, 0.25) is 0 Å². The quantitative estimate of drug-likeness (QED) is 0.416. The Labute approximate surface area is 226 Å². The van der Waals surface area contributed by atoms with Crippen molar-refractivity contribution in [3.05, 3.63) is 81.2 Å². The molecule has 1 N–H and O–H groups in total. The van der Waals surface area contributed by atoms with E-state index in [-0.39, 0.29) is 25.6 Å². The molecule has 0 spiro atoms. The maximum atomic E-state index is 12.7. The van der Waals surface area contributed by atoms with Gasteiger partial charge in [-0.2, -0.15) is 0 Å². The molecule has 1 saturated heterocycles. The van der Waals surface area contributed by atoms with Crippen molar-refractivity contribution in [3.63, 3.8) is 0 Å². The molecule has 1 heterocycles. The summed E-state index contributed by atoms with van der Waals surface area (Å²) in [6.45, 7) is 3.16. The van der Waals surface area contributed by atoms with E-state index < -0.39 is 11.8 Å². The van der Waals surface area contributed by atoms with E-state index in [2.05, 4.69) is 37.2 Å². The van der Waals surface area contributed by atoms with Crippen LogP contribution < -0.4 is 10.1 Å². The van der Waals surface area contributed by atoms with Crippen molar-refractivity contribution in [2.75, 3.05) is 38.1 Å². The molecule has 1 fully saturated rings. The number of hydrogen-bond donors (Lipinski definition) is 1. The lowest BCUT2D eigenvalue weighted by molar-refractivity contribution is -0.146. The van der Waals surface area contributed by atoms with E-state index in [0.29, 0.717) is 24.5 Å². The molecule has 0 unspecified atom stereocenters. The molecular formula is C27H25Br2N3O4. The third-order valence-electron chi connectivity index (χ3n) is 5.93. The topological polar surface area (TPSA) is 79.0 Å². The first-order valence-electron chi connectivity index (χ1n) is 11.4. The van der Waals surface area contributed by atoms with Crippen molar-refractivity contribution in [2.24, 2.45) is 0 Å². The van der Waals surface area contributed by atoms with Crippen LogP contribution in [0.4, 0.5) is 5.69 Å². The molecule has 9 heteroatoms. The number of anilines is 1. The third-order valence-corrected chi connectivity index (χ3v) is 6.99. The molecule has 4 rings (SSSR count). The molecule has 0 bridgehead atoms. The molecule has 1 aliphatic heterocycles. The minimum Gasteiger partial charge on any atom is -0.484 e. The van der Waals surface area contributed by atoms with Gasteiger partial charge in [0.05, 0.1) is 0 Å². The number of carbonyl (C=O) groups is 3. The van der Waals surface area contributed by atoms with Crippen LogP contribution in [0.3, 0.4) is 0 Å². The van der Waals surface area contributed by atoms with E-state index in [0.717, 1.165) is 25.6 Å². The third kappa shape index (κ3) is 6.53. The smallest absolute Gasteiger partial charge is 0.313 e. The van der Waals surface area contributed by atoms with Crippen molar-refractivity contribution in [2.45, 2.75) is 6.92 Å². The summed E-state index contributed by atoms with van der Waals surface area (Å²) < 4.78 is 7.48. The molecule has 0 radical (unpaired) electrons. The van der Waals surface area contributed by atoms with Crippen LogP contribution in [0.25, 0.3) is 11.1 Å². The molecule has 0 atom stereocenters. The Balaban J connectivity index is 1.27. The van der Waals surface area contributed by atoms with E-state index >= 15 is 0 Å². The number of hydrogen-bond acceptors (Lipinski definition) is 4. The Morgan fingerprint density at radius 1 is 0.833 bits per heavy atom. The summed E-state index contributed by atoms with van der Waals surface area (Å²) in [4.78, 5) is 40.9. The van der Waals surface area contributed by atoms with Gasteiger partial charge >= 0.3 is 11.8 Å². The predicted octanol–water partition coefficient (Wildman–Crippen LogP) is 4.88. The van der Waals surface area contributed by atoms with E-state index in [4.69, 9.17) is 4.74 Å². The van der Waals surface area contributed by atoms with Gasteiger partial charge in [-0.25, -0.2) is 0 Å². The van der Waals surface area contributed by atoms with Crippen molar-refractivity contribution in [3.8, 4) is 16.9 Å². The van der Waals surface area contributed by atoms with Crippen LogP contribution in [-0.2, 0) is 14.4 Å². The molecule has 0 aliphatic carbocycles. The number of carbonyl (C=O) groups excluding carboxylic acids is 3. The van der Waals surface area contributed by atoms with E-state index in [1.165, 1.54) is 4.90 Å². The molecule has 3 aromatic rings. The summed E-state index contributed by atoms with van der Waals surface area (Å²) >= 11 is 6.80. The van der Waals surface area contributed by atoms with Crippen LogP contribution in [-0.4, -0.2) is 60.3 Å². The number of amides is 3. The van der Waals surface area contributed by atoms with Crippen molar-refractivity contribution < 1.29 is 19.1 Å². The van der Waals surface area contributed by atoms with E-state index in [1.807, 2.05) is 55.5 Å². The normalized spacial score (nSPS) is 13.3. The standard InChI is InChI=1S/C27H25Br2N3O4/c1-18-16-22(8-11-24(18)19-2-4-20(28)5-3-19)30-26(34)27(35)32-14-12-31(13-15-32)25(33)17-36-23-9-6-21(29)7-10-23/h2-11,16H,12-15,17H2,1H3,(H,30,34). The summed E-state index contributed by atoms with van der Waals surface area (Å²) in [7, 11) is 0. The van der Waals surface area contributed by atoms with Gasteiger partial charge in [0, 0.05) is 40.8 Å². The fourth-order valence-electron chi connectivity index (χ4n) is 3.95. The lowest BCUT2D eigenvalue weighted by atomic mass is 10.00. The SMILES string of the molecule is Cc1cc(NC(=O)C(=O)N2CCN(C(=O)COc3ccc(Br)cc3)CC2)ccc1-c1ccc(Br)cc1. The highest BCUT2D eigenvalue weighted by molar-refractivity contribution is 9.10. The average Bonchev–Trinajstić information content (AvgIpc) is 2.88. The Morgan fingerprint density at radius 3 is 2.03 bits per heavy atom. The summed E-state index contributed by atoms with van der Waals surface area (Å²) in [5.74, 6) is -0.847. The second-order valence-electron chi connectivity index (χ2n) is 8.41. The number of halogens is 2. The summed E-state index contributed by atoms with van der Waals surface area (Å²) in [5, 5.41) is 2.70. The predicted molar refractivity (Wildman–Crippen MR) is 146 cm³/mol. The van der Waals surface area contributed by atoms with Crippen LogP contribution >= 0.6 is 31.9 Å². The molecule has 0 aromatic heterocycles. The van der Waals surface area contributed by atoms with Crippen molar-refractivity contribution in [1.82, 2.24) is 9.80 Å². The highest BCUT2D eigenvalue weighted by atomic mass is 79.9. The fourth-order valence-corrected chi connectivity index (χ4v) is 4.48. The van der Waals surface area contributed by atoms with Crippen LogP contribution in [0.5, 0.6) is 5.75 Å². The van der Waals surface area contributed by atoms with Gasteiger partial charge in [-0.1, -0.05) is 50.1 Å². The summed E-state index contributed by atoms with van der Waals surface area (Å²) in [6.07, 6.45) is 0. The van der Waals surface area contributed by atoms with Gasteiger partial charge in [-0.3, -0.25) is 14.4 Å². The van der Waals surface area contributed by atoms with Gasteiger partial charge in [-0.15, -0.1) is 0 Å². The summed E-state index contributed by atoms with van der Waals surface area (Å²) in [5.41, 5.74) is 3.67. The Hall–Kier alpha value is -3.17. The average molecular weight is 615 g/mol. The van der Waals surface area contributed by atoms with Gasteiger partial charge < -0.3 is 19.9 Å². The number of ether oxygens (including phenoxy) is 1. The van der Waals surface area contributed by atoms with Crippen molar-refractivity contribution >= 4 is 55.3 Å². The highest BCUT2D eigenvalue weighted by Gasteiger charge is 2.28. The van der Waals surface area contributed by atoms with Gasteiger partial charge in [0.1, 0.15) is 5.75 Å². The monoisotopic (exact) mass is 613 g/mol. The first kappa shape index (κ1) is 25.9. The van der Waals surface area contributed by atoms with Gasteiger partial charge in [0.2, 0.25) is 0 Å². The molecule has 36 heavy (non-hydrogen) atoms. The van der Waals surface area contributed by atoms with Crippen molar-refractivity contribution in [1.29, 1.82) is 0 Å². The highest BCUT2D eigenvalue weighted by Crippen LogP contribution is 2.27. The Kier molecular flexibility index (Phi) is 8.43. The lowest BCUT2D eigenvalue weighted by Gasteiger charge is -2.34. The molecule has 186 valence electrons. The minimum absolute atomic E-state index is 0.0777. The maximum absolute atomic E-state index is 12.7. The van der Waals surface area contributed by atoms with Crippen LogP contribution in [0, 0.1) is 6.92 Å². The van der Waals surface area contributed by atoms with Crippen LogP contribution in [0.15, 0.2) is 75.7 Å². The molecule has 3 amide bonds. The number of rotatable bonds is 5. The fraction of sp³-hybridized carbons (Fsp3) is 0.222. The number of nitrogens with zero attached hydrogens (tertiary/aromatic N) is 2. The van der Waals surface area contributed by atoms with E-state index in [1.54, 1.807) is 23.1 Å². The zero-order valence-electron chi connectivity index (χ0n) is 19.7.